The average molecular weight is 818 g/mol. The molecule has 0 fully saturated rings. The smallest absolute Gasteiger partial charge is 0.698 e. The largest absolute Gasteiger partial charge is 3.00 e. The quantitative estimate of drug-likeness (QED) is 0.101. The molecule has 0 saturated carbocycles. The molecule has 4 aromatic rings. The van der Waals surface area contributed by atoms with Gasteiger partial charge in [0.25, 0.3) is 0 Å². The second-order valence-electron chi connectivity index (χ2n) is 18.1. The van der Waals surface area contributed by atoms with Gasteiger partial charge < -0.3 is 16.8 Å². The maximum absolute atomic E-state index is 8.01. The van der Waals surface area contributed by atoms with E-state index in [1.807, 2.05) is 0 Å². The number of nitrogens with one attached hydrogen (secondary N) is 2. The van der Waals surface area contributed by atoms with E-state index in [4.69, 9.17) is 21.8 Å². The minimum absolute atomic E-state index is 0. The summed E-state index contributed by atoms with van der Waals surface area (Å²) in [5.41, 5.74) is 31.6. The molecule has 58 heavy (non-hydrogen) atoms. The van der Waals surface area contributed by atoms with Crippen LogP contribution in [0.1, 0.15) is 216 Å². The summed E-state index contributed by atoms with van der Waals surface area (Å²) in [6.07, 6.45) is 2.11. The van der Waals surface area contributed by atoms with Gasteiger partial charge in [-0.15, -0.1) is 17.1 Å². The predicted molar refractivity (Wildman–Crippen MR) is 256 cm³/mol. The van der Waals surface area contributed by atoms with Crippen molar-refractivity contribution in [1.29, 1.82) is 0 Å². The molecular weight excluding hydrogens is 740 g/mol. The predicted octanol–water partition coefficient (Wildman–Crippen LogP) is 19.1. The first-order chi connectivity index (χ1) is 26.6. The summed E-state index contributed by atoms with van der Waals surface area (Å²) in [6, 6.07) is 25.5. The molecule has 0 atom stereocenters. The van der Waals surface area contributed by atoms with Crippen LogP contribution in [0.2, 0.25) is 0 Å². The number of rotatable bonds is 12. The third kappa shape index (κ3) is 14.9. The van der Waals surface area contributed by atoms with Crippen LogP contribution in [0.15, 0.2) is 89.6 Å². The number of aliphatic imine (C=N–C) groups is 1. The number of para-hydroxylation sites is 2. The molecule has 5 heteroatoms. The monoisotopic (exact) mass is 818 g/mol. The second-order valence-corrected chi connectivity index (χ2v) is 18.1. The van der Waals surface area contributed by atoms with Crippen molar-refractivity contribution in [1.82, 2.24) is 0 Å². The van der Waals surface area contributed by atoms with Crippen LogP contribution >= 0.6 is 0 Å². The minimum Gasteiger partial charge on any atom is -0.698 e. The second kappa shape index (κ2) is 24.5. The number of benzene rings is 4. The van der Waals surface area contributed by atoms with Gasteiger partial charge in [-0.05, 0) is 65.4 Å². The zero-order valence-electron chi connectivity index (χ0n) is 39.5. The minimum atomic E-state index is 0. The van der Waals surface area contributed by atoms with Crippen LogP contribution < -0.4 is 0 Å². The molecule has 0 unspecified atom stereocenters. The maximum Gasteiger partial charge on any atom is 3.00 e. The van der Waals surface area contributed by atoms with Gasteiger partial charge in [0.1, 0.15) is 0 Å². The topological polar surface area (TPSA) is 74.1 Å². The summed E-state index contributed by atoms with van der Waals surface area (Å²) in [7, 11) is 0. The van der Waals surface area contributed by atoms with E-state index < -0.39 is 0 Å². The molecule has 0 aliphatic carbocycles. The Labute approximate surface area is 371 Å². The number of hydrogen-bond acceptors (Lipinski definition) is 1. The van der Waals surface area contributed by atoms with E-state index in [0.717, 1.165) is 56.4 Å². The van der Waals surface area contributed by atoms with E-state index in [0.29, 0.717) is 47.3 Å². The Morgan fingerprint density at radius 3 is 0.931 bits per heavy atom. The van der Waals surface area contributed by atoms with Gasteiger partial charge in [0.15, 0.2) is 0 Å². The summed E-state index contributed by atoms with van der Waals surface area (Å²) in [6.45, 7) is 39.1. The Balaban J connectivity index is 0.000000511. The SMILES string of the molecule is CC(/C=C(/C)[N-]c1c(C(C)C)cccc1C(C)C)=Nc1c(C(C)C)cccc1C(C)C.CC(C)c1cccc(C(C)C)c1[NH-].CC(C)c1cccc(C(C)C)c1[NH-].[Ti+3]. The molecule has 1 radical (unpaired) electrons. The van der Waals surface area contributed by atoms with Crippen molar-refractivity contribution < 1.29 is 21.7 Å². The van der Waals surface area contributed by atoms with E-state index in [1.54, 1.807) is 0 Å². The fraction of sp³-hybridized carbons (Fsp3) is 0.491. The first-order valence-electron chi connectivity index (χ1n) is 21.5. The fourth-order valence-electron chi connectivity index (χ4n) is 7.10. The molecular formula is C53H77N4Ti. The summed E-state index contributed by atoms with van der Waals surface area (Å²) < 4.78 is 0. The van der Waals surface area contributed by atoms with Crippen LogP contribution in [0.4, 0.5) is 22.7 Å². The first-order valence-corrected chi connectivity index (χ1v) is 21.5. The van der Waals surface area contributed by atoms with Gasteiger partial charge in [-0.3, -0.25) is 4.99 Å². The standard InChI is InChI=1S/C29H41N2.2C12H18N.Ti/c1-18(2)24-13-11-14-25(19(3)4)28(24)30-22(9)17-23(10)31-29-26(20(5)6)15-12-16-27(29)21(7)8;2*1-8(2)10-6-5-7-11(9(3)4)12(10)13;/h11-21H,1-10H3;2*5-9,13H,1-4H3;/q3*-1;+3/b22-17-,31-23?;;;. The van der Waals surface area contributed by atoms with Crippen molar-refractivity contribution in [3.05, 3.63) is 146 Å². The molecule has 4 aromatic carbocycles. The zero-order valence-corrected chi connectivity index (χ0v) is 41.1. The molecule has 4 nitrogen and oxygen atoms in total. The molecule has 0 bridgehead atoms. The van der Waals surface area contributed by atoms with Crippen molar-refractivity contribution in [3.63, 3.8) is 0 Å². The molecule has 0 aliphatic heterocycles. The molecule has 2 N–H and O–H groups in total. The van der Waals surface area contributed by atoms with Crippen LogP contribution in [0.5, 0.6) is 0 Å². The third-order valence-electron chi connectivity index (χ3n) is 10.4. The number of allylic oxidation sites excluding steroid dienone is 2. The van der Waals surface area contributed by atoms with Crippen LogP contribution in [0, 0.1) is 0 Å². The molecule has 313 valence electrons. The Kier molecular flexibility index (Phi) is 22.1. The van der Waals surface area contributed by atoms with E-state index in [2.05, 4.69) is 203 Å². The summed E-state index contributed by atoms with van der Waals surface area (Å²) in [5.74, 6) is 3.55. The Morgan fingerprint density at radius 1 is 0.431 bits per heavy atom. The van der Waals surface area contributed by atoms with Gasteiger partial charge in [-0.25, -0.2) is 0 Å². The van der Waals surface area contributed by atoms with Crippen LogP contribution in [0.25, 0.3) is 16.8 Å². The van der Waals surface area contributed by atoms with Gasteiger partial charge in [-0.2, -0.15) is 5.70 Å². The molecule has 0 aromatic heterocycles. The van der Waals surface area contributed by atoms with Gasteiger partial charge in [0.05, 0.1) is 5.69 Å². The van der Waals surface area contributed by atoms with Crippen molar-refractivity contribution in [2.24, 2.45) is 4.99 Å². The van der Waals surface area contributed by atoms with Crippen molar-refractivity contribution in [2.75, 3.05) is 0 Å². The van der Waals surface area contributed by atoms with Crippen molar-refractivity contribution in [2.45, 2.75) is 172 Å². The van der Waals surface area contributed by atoms with Gasteiger partial charge >= 0.3 is 21.7 Å². The molecule has 0 saturated heterocycles. The van der Waals surface area contributed by atoms with Gasteiger partial charge in [0.2, 0.25) is 0 Å². The fourth-order valence-corrected chi connectivity index (χ4v) is 7.10. The summed E-state index contributed by atoms with van der Waals surface area (Å²) >= 11 is 0. The van der Waals surface area contributed by atoms with E-state index in [-0.39, 0.29) is 21.7 Å². The average Bonchev–Trinajstić information content (AvgIpc) is 3.11. The Hall–Kier alpha value is -3.60. The number of hydrogen-bond donors (Lipinski definition) is 0. The Bertz CT molecular complexity index is 1760. The summed E-state index contributed by atoms with van der Waals surface area (Å²) in [4.78, 5) is 5.08. The molecule has 0 amide bonds. The third-order valence-corrected chi connectivity index (χ3v) is 10.4. The van der Waals surface area contributed by atoms with E-state index >= 15 is 0 Å². The van der Waals surface area contributed by atoms with Crippen LogP contribution in [0.3, 0.4) is 0 Å². The molecule has 0 aliphatic rings. The normalized spacial score (nSPS) is 12.0. The number of nitrogens with zero attached hydrogens (tertiary/aromatic N) is 2. The Morgan fingerprint density at radius 2 is 0.672 bits per heavy atom. The van der Waals surface area contributed by atoms with Gasteiger partial charge in [-0.1, -0.05) is 230 Å². The van der Waals surface area contributed by atoms with Crippen molar-refractivity contribution >= 4 is 28.5 Å². The van der Waals surface area contributed by atoms with Gasteiger partial charge in [0, 0.05) is 5.71 Å². The summed E-state index contributed by atoms with van der Waals surface area (Å²) in [5, 5.41) is 5.08. The molecule has 0 spiro atoms. The van der Waals surface area contributed by atoms with E-state index in [9.17, 15) is 0 Å². The first kappa shape index (κ1) is 52.4. The van der Waals surface area contributed by atoms with Crippen LogP contribution in [-0.2, 0) is 21.7 Å². The van der Waals surface area contributed by atoms with Crippen molar-refractivity contribution in [3.8, 4) is 0 Å². The molecule has 0 heterocycles. The zero-order chi connectivity index (χ0) is 43.3. The van der Waals surface area contributed by atoms with E-state index in [1.165, 1.54) is 22.3 Å². The molecule has 4 rings (SSSR count). The maximum atomic E-state index is 8.01. The van der Waals surface area contributed by atoms with Crippen LogP contribution in [-0.4, -0.2) is 5.71 Å².